The Labute approximate surface area is 172 Å². The number of likely N-dealkylation sites (tertiary alicyclic amines) is 1. The molecule has 3 rings (SSSR count). The third-order valence-corrected chi connectivity index (χ3v) is 7.09. The fourth-order valence-electron chi connectivity index (χ4n) is 3.39. The molecule has 28 heavy (non-hydrogen) atoms. The van der Waals surface area contributed by atoms with E-state index in [1.165, 1.54) is 11.8 Å². The van der Waals surface area contributed by atoms with Crippen molar-refractivity contribution in [1.29, 1.82) is 0 Å². The number of benzene rings is 2. The summed E-state index contributed by atoms with van der Waals surface area (Å²) in [7, 11) is 0. The number of fused-ring (bicyclic) bond motifs is 1. The van der Waals surface area contributed by atoms with Gasteiger partial charge in [0.1, 0.15) is 6.04 Å². The normalized spacial score (nSPS) is 20.3. The van der Waals surface area contributed by atoms with E-state index in [1.807, 2.05) is 18.2 Å². The monoisotopic (exact) mass is 417 g/mol. The van der Waals surface area contributed by atoms with Crippen molar-refractivity contribution in [3.8, 4) is 0 Å². The Hall–Kier alpha value is -1.99. The smallest absolute Gasteiger partial charge is 0.326 e. The van der Waals surface area contributed by atoms with Crippen molar-refractivity contribution in [1.82, 2.24) is 4.90 Å². The lowest BCUT2D eigenvalue weighted by Crippen LogP contribution is -2.43. The minimum absolute atomic E-state index is 0.0267. The van der Waals surface area contributed by atoms with Crippen LogP contribution in [0.2, 0.25) is 0 Å². The summed E-state index contributed by atoms with van der Waals surface area (Å²) in [6, 6.07) is 13.5. The molecule has 5 nitrogen and oxygen atoms in total. The SMILES string of the molecule is CC(=O)SCC(C)C(=O)N1C[C@@H](Sc2ccc3ccccc3c2)C[C@H]1C(=O)O. The molecule has 0 saturated carbocycles. The highest BCUT2D eigenvalue weighted by Gasteiger charge is 2.41. The molecular weight excluding hydrogens is 394 g/mol. The van der Waals surface area contributed by atoms with Gasteiger partial charge in [-0.15, -0.1) is 11.8 Å². The zero-order valence-corrected chi connectivity index (χ0v) is 17.5. The first-order valence-electron chi connectivity index (χ1n) is 9.17. The molecule has 0 radical (unpaired) electrons. The summed E-state index contributed by atoms with van der Waals surface area (Å²) < 4.78 is 0. The number of carboxylic acid groups (broad SMARTS) is 1. The maximum atomic E-state index is 12.8. The van der Waals surface area contributed by atoms with E-state index >= 15 is 0 Å². The zero-order chi connectivity index (χ0) is 20.3. The fourth-order valence-corrected chi connectivity index (χ4v) is 5.26. The number of thioether (sulfide) groups is 2. The molecule has 0 spiro atoms. The van der Waals surface area contributed by atoms with Crippen LogP contribution >= 0.6 is 23.5 Å². The summed E-state index contributed by atoms with van der Waals surface area (Å²) in [6.45, 7) is 3.62. The Kier molecular flexibility index (Phi) is 6.67. The molecule has 1 aliphatic rings. The second kappa shape index (κ2) is 9.01. The zero-order valence-electron chi connectivity index (χ0n) is 15.8. The van der Waals surface area contributed by atoms with Gasteiger partial charge in [0.05, 0.1) is 0 Å². The van der Waals surface area contributed by atoms with E-state index in [0.29, 0.717) is 18.7 Å². The Morgan fingerprint density at radius 1 is 1.18 bits per heavy atom. The fraction of sp³-hybridized carbons (Fsp3) is 0.381. The van der Waals surface area contributed by atoms with E-state index in [2.05, 4.69) is 24.3 Å². The molecule has 7 heteroatoms. The van der Waals surface area contributed by atoms with Crippen molar-refractivity contribution in [2.75, 3.05) is 12.3 Å². The van der Waals surface area contributed by atoms with Crippen molar-refractivity contribution in [3.05, 3.63) is 42.5 Å². The van der Waals surface area contributed by atoms with Crippen LogP contribution in [0.3, 0.4) is 0 Å². The largest absolute Gasteiger partial charge is 0.480 e. The number of hydrogen-bond donors (Lipinski definition) is 1. The second-order valence-corrected chi connectivity index (χ2v) is 9.60. The standard InChI is InChI=1S/C21H23NO4S2/c1-13(12-27-14(2)23)20(24)22-11-18(10-19(22)21(25)26)28-17-8-7-15-5-3-4-6-16(15)9-17/h3-9,13,18-19H,10-12H2,1-2H3,(H,25,26)/t13?,18-,19-/m0/s1. The van der Waals surface area contributed by atoms with Crippen molar-refractivity contribution in [2.24, 2.45) is 5.92 Å². The third kappa shape index (κ3) is 4.89. The average molecular weight is 418 g/mol. The summed E-state index contributed by atoms with van der Waals surface area (Å²) >= 11 is 2.72. The summed E-state index contributed by atoms with van der Waals surface area (Å²) in [5.41, 5.74) is 0. The third-order valence-electron chi connectivity index (χ3n) is 4.81. The van der Waals surface area contributed by atoms with Gasteiger partial charge in [0.2, 0.25) is 5.91 Å². The number of aliphatic carboxylic acids is 1. The van der Waals surface area contributed by atoms with E-state index in [1.54, 1.807) is 18.7 Å². The molecule has 1 heterocycles. The van der Waals surface area contributed by atoms with Gasteiger partial charge in [0.15, 0.2) is 5.12 Å². The van der Waals surface area contributed by atoms with Gasteiger partial charge in [-0.25, -0.2) is 4.79 Å². The first-order chi connectivity index (χ1) is 13.3. The predicted molar refractivity (Wildman–Crippen MR) is 114 cm³/mol. The van der Waals surface area contributed by atoms with E-state index in [9.17, 15) is 19.5 Å². The summed E-state index contributed by atoms with van der Waals surface area (Å²) in [5, 5.41) is 11.9. The molecule has 2 aromatic rings. The molecule has 0 aromatic heterocycles. The van der Waals surface area contributed by atoms with Crippen LogP contribution in [-0.2, 0) is 14.4 Å². The first-order valence-corrected chi connectivity index (χ1v) is 11.0. The Morgan fingerprint density at radius 3 is 2.57 bits per heavy atom. The van der Waals surface area contributed by atoms with E-state index < -0.39 is 12.0 Å². The van der Waals surface area contributed by atoms with Crippen molar-refractivity contribution in [3.63, 3.8) is 0 Å². The summed E-state index contributed by atoms with van der Waals surface area (Å²) in [6.07, 6.45) is 0.422. The van der Waals surface area contributed by atoms with E-state index in [-0.39, 0.29) is 22.2 Å². The number of rotatable bonds is 6. The molecule has 1 aliphatic heterocycles. The van der Waals surface area contributed by atoms with Crippen molar-refractivity contribution in [2.45, 2.75) is 36.5 Å². The molecule has 1 saturated heterocycles. The van der Waals surface area contributed by atoms with Gasteiger partial charge < -0.3 is 10.0 Å². The number of amides is 1. The highest BCUT2D eigenvalue weighted by molar-refractivity contribution is 8.13. The van der Waals surface area contributed by atoms with Crippen LogP contribution in [0.4, 0.5) is 0 Å². The molecule has 2 aromatic carbocycles. The molecule has 0 bridgehead atoms. The second-order valence-electron chi connectivity index (χ2n) is 7.03. The van der Waals surface area contributed by atoms with Crippen LogP contribution in [0.5, 0.6) is 0 Å². The minimum Gasteiger partial charge on any atom is -0.480 e. The van der Waals surface area contributed by atoms with E-state index in [0.717, 1.165) is 27.4 Å². The molecule has 1 unspecified atom stereocenters. The highest BCUT2D eigenvalue weighted by Crippen LogP contribution is 2.35. The van der Waals surface area contributed by atoms with Crippen LogP contribution in [-0.4, -0.2) is 50.6 Å². The molecular formula is C21H23NO4S2. The van der Waals surface area contributed by atoms with Crippen molar-refractivity contribution >= 4 is 51.3 Å². The molecule has 1 fully saturated rings. The van der Waals surface area contributed by atoms with Gasteiger partial charge in [-0.2, -0.15) is 0 Å². The molecule has 1 N–H and O–H groups in total. The Bertz CT molecular complexity index is 901. The lowest BCUT2D eigenvalue weighted by atomic mass is 10.1. The van der Waals surface area contributed by atoms with Crippen LogP contribution in [0.15, 0.2) is 47.4 Å². The minimum atomic E-state index is -0.971. The number of carbonyl (C=O) groups excluding carboxylic acids is 2. The maximum absolute atomic E-state index is 12.8. The number of hydrogen-bond acceptors (Lipinski definition) is 5. The first kappa shape index (κ1) is 20.7. The average Bonchev–Trinajstić information content (AvgIpc) is 3.09. The molecule has 1 amide bonds. The van der Waals surface area contributed by atoms with Gasteiger partial charge in [0, 0.05) is 35.3 Å². The van der Waals surface area contributed by atoms with Crippen molar-refractivity contribution < 1.29 is 19.5 Å². The topological polar surface area (TPSA) is 74.7 Å². The maximum Gasteiger partial charge on any atom is 0.326 e. The summed E-state index contributed by atoms with van der Waals surface area (Å²) in [4.78, 5) is 38.2. The highest BCUT2D eigenvalue weighted by atomic mass is 32.2. The Balaban J connectivity index is 1.70. The van der Waals surface area contributed by atoms with Crippen LogP contribution in [0.25, 0.3) is 10.8 Å². The quantitative estimate of drug-likeness (QED) is 0.768. The van der Waals surface area contributed by atoms with Crippen LogP contribution < -0.4 is 0 Å². The molecule has 3 atom stereocenters. The van der Waals surface area contributed by atoms with E-state index in [4.69, 9.17) is 0 Å². The molecule has 148 valence electrons. The lowest BCUT2D eigenvalue weighted by molar-refractivity contribution is -0.149. The number of nitrogens with zero attached hydrogens (tertiary/aromatic N) is 1. The number of carbonyl (C=O) groups is 3. The Morgan fingerprint density at radius 2 is 1.89 bits per heavy atom. The summed E-state index contributed by atoms with van der Waals surface area (Å²) in [5.74, 6) is -1.18. The predicted octanol–water partition coefficient (Wildman–Crippen LogP) is 3.90. The van der Waals surface area contributed by atoms with Gasteiger partial charge in [0.25, 0.3) is 0 Å². The lowest BCUT2D eigenvalue weighted by Gasteiger charge is -2.24. The van der Waals surface area contributed by atoms with Gasteiger partial charge >= 0.3 is 5.97 Å². The van der Waals surface area contributed by atoms with Crippen LogP contribution in [0.1, 0.15) is 20.3 Å². The van der Waals surface area contributed by atoms with Crippen LogP contribution in [0, 0.1) is 5.92 Å². The van der Waals surface area contributed by atoms with Gasteiger partial charge in [-0.05, 0) is 29.3 Å². The van der Waals surface area contributed by atoms with Gasteiger partial charge in [-0.3, -0.25) is 9.59 Å². The van der Waals surface area contributed by atoms with Gasteiger partial charge in [-0.1, -0.05) is 49.0 Å². The molecule has 0 aliphatic carbocycles. The number of carboxylic acids is 1.